The molecule has 21 heavy (non-hydrogen) atoms. The zero-order valence-corrected chi connectivity index (χ0v) is 13.5. The first kappa shape index (κ1) is 16.1. The van der Waals surface area contributed by atoms with E-state index in [2.05, 4.69) is 20.9 Å². The van der Waals surface area contributed by atoms with Crippen molar-refractivity contribution in [2.24, 2.45) is 0 Å². The van der Waals surface area contributed by atoms with Crippen LogP contribution in [0.5, 0.6) is 0 Å². The molecule has 0 N–H and O–H groups in total. The first-order valence-corrected chi connectivity index (χ1v) is 8.82. The molecule has 1 heterocycles. The summed E-state index contributed by atoms with van der Waals surface area (Å²) >= 11 is 3.23. The van der Waals surface area contributed by atoms with Gasteiger partial charge < -0.3 is 0 Å². The van der Waals surface area contributed by atoms with Crippen molar-refractivity contribution in [1.82, 2.24) is 9.29 Å². The highest BCUT2D eigenvalue weighted by Gasteiger charge is 2.28. The van der Waals surface area contributed by atoms with Crippen LogP contribution in [0.4, 0.5) is 4.39 Å². The van der Waals surface area contributed by atoms with Crippen molar-refractivity contribution in [2.45, 2.75) is 11.6 Å². The van der Waals surface area contributed by atoms with Crippen molar-refractivity contribution < 1.29 is 12.8 Å². The molecule has 7 heteroatoms. The first-order chi connectivity index (χ1) is 10.1. The van der Waals surface area contributed by atoms with Crippen LogP contribution in [0.2, 0.25) is 0 Å². The Hall–Kier alpha value is -1.31. The Labute approximate surface area is 131 Å². The Morgan fingerprint density at radius 1 is 1.14 bits per heavy atom. The normalized spacial score (nSPS) is 11.8. The van der Waals surface area contributed by atoms with Gasteiger partial charge in [0.2, 0.25) is 5.03 Å². The molecule has 4 nitrogen and oxygen atoms in total. The number of hydrogen-bond donors (Lipinski definition) is 0. The summed E-state index contributed by atoms with van der Waals surface area (Å²) < 4.78 is 40.1. The average molecular weight is 373 g/mol. The molecular weight excluding hydrogens is 359 g/mol. The van der Waals surface area contributed by atoms with Crippen LogP contribution in [0.15, 0.2) is 53.7 Å². The van der Waals surface area contributed by atoms with Crippen LogP contribution in [-0.4, -0.2) is 29.6 Å². The monoisotopic (exact) mass is 372 g/mol. The number of pyridine rings is 1. The second kappa shape index (κ2) is 7.11. The van der Waals surface area contributed by atoms with Crippen LogP contribution in [0.1, 0.15) is 5.56 Å². The molecule has 0 spiro atoms. The van der Waals surface area contributed by atoms with E-state index < -0.39 is 20.9 Å². The van der Waals surface area contributed by atoms with Gasteiger partial charge in [-0.2, -0.15) is 4.31 Å². The number of alkyl halides is 1. The molecule has 2 rings (SSSR count). The number of sulfonamides is 1. The summed E-state index contributed by atoms with van der Waals surface area (Å²) in [6, 6.07) is 11.6. The molecule has 0 amide bonds. The molecule has 112 valence electrons. The van der Waals surface area contributed by atoms with Crippen molar-refractivity contribution >= 4 is 26.0 Å². The zero-order chi connectivity index (χ0) is 15.3. The van der Waals surface area contributed by atoms with Crippen LogP contribution in [0, 0.1) is 5.82 Å². The Morgan fingerprint density at radius 2 is 1.86 bits per heavy atom. The van der Waals surface area contributed by atoms with Crippen LogP contribution in [-0.2, 0) is 16.6 Å². The Morgan fingerprint density at radius 3 is 2.48 bits per heavy atom. The van der Waals surface area contributed by atoms with Gasteiger partial charge in [-0.05, 0) is 17.7 Å². The van der Waals surface area contributed by atoms with Gasteiger partial charge in [0.1, 0.15) is 0 Å². The van der Waals surface area contributed by atoms with E-state index in [1.165, 1.54) is 16.6 Å². The molecule has 0 aliphatic carbocycles. The number of nitrogens with zero attached hydrogens (tertiary/aromatic N) is 2. The maximum Gasteiger partial charge on any atom is 0.263 e. The first-order valence-electron chi connectivity index (χ1n) is 6.26. The molecule has 2 aromatic rings. The summed E-state index contributed by atoms with van der Waals surface area (Å²) in [4.78, 5) is 3.67. The molecule has 1 aromatic carbocycles. The van der Waals surface area contributed by atoms with E-state index in [-0.39, 0.29) is 13.1 Å². The third-order valence-corrected chi connectivity index (χ3v) is 4.98. The lowest BCUT2D eigenvalue weighted by Crippen LogP contribution is -2.33. The highest BCUT2D eigenvalue weighted by Crippen LogP contribution is 2.19. The van der Waals surface area contributed by atoms with Crippen LogP contribution in [0.25, 0.3) is 0 Å². The minimum absolute atomic E-state index is 0.171. The molecule has 0 bridgehead atoms. The van der Waals surface area contributed by atoms with Gasteiger partial charge in [0.15, 0.2) is 5.82 Å². The molecule has 0 aliphatic rings. The third-order valence-electron chi connectivity index (χ3n) is 2.84. The van der Waals surface area contributed by atoms with E-state index in [0.29, 0.717) is 5.33 Å². The van der Waals surface area contributed by atoms with E-state index in [4.69, 9.17) is 0 Å². The molecular formula is C14H14BrFN2O2S. The van der Waals surface area contributed by atoms with Crippen molar-refractivity contribution in [3.8, 4) is 0 Å². The lowest BCUT2D eigenvalue weighted by atomic mass is 10.2. The second-order valence-corrected chi connectivity index (χ2v) is 6.95. The van der Waals surface area contributed by atoms with Crippen molar-refractivity contribution in [1.29, 1.82) is 0 Å². The highest BCUT2D eigenvalue weighted by atomic mass is 79.9. The lowest BCUT2D eigenvalue weighted by Gasteiger charge is -2.21. The molecule has 0 radical (unpaired) electrons. The fourth-order valence-corrected chi connectivity index (χ4v) is 3.92. The minimum Gasteiger partial charge on any atom is -0.241 e. The number of rotatable bonds is 6. The van der Waals surface area contributed by atoms with Crippen molar-refractivity contribution in [2.75, 3.05) is 11.9 Å². The fourth-order valence-electron chi connectivity index (χ4n) is 1.85. The number of benzene rings is 1. The van der Waals surface area contributed by atoms with E-state index in [1.54, 1.807) is 0 Å². The third kappa shape index (κ3) is 3.87. The summed E-state index contributed by atoms with van der Waals surface area (Å²) in [5.41, 5.74) is 0.832. The van der Waals surface area contributed by atoms with Gasteiger partial charge in [-0.3, -0.25) is 0 Å². The van der Waals surface area contributed by atoms with E-state index >= 15 is 0 Å². The summed E-state index contributed by atoms with van der Waals surface area (Å²) in [5, 5.41) is -0.0880. The average Bonchev–Trinajstić information content (AvgIpc) is 2.48. The standard InChI is InChI=1S/C14H14BrFN2O2S/c15-8-10-18(11-12-5-2-1-3-6-12)21(19,20)14-13(16)7-4-9-17-14/h1-7,9H,8,10-11H2. The largest absolute Gasteiger partial charge is 0.263 e. The SMILES string of the molecule is O=S(=O)(c1ncccc1F)N(CCBr)Cc1ccccc1. The summed E-state index contributed by atoms with van der Waals surface area (Å²) in [6.45, 7) is 0.401. The van der Waals surface area contributed by atoms with Crippen LogP contribution >= 0.6 is 15.9 Å². The predicted octanol–water partition coefficient (Wildman–Crippen LogP) is 2.81. The van der Waals surface area contributed by atoms with Gasteiger partial charge in [-0.15, -0.1) is 0 Å². The molecule has 1 aromatic heterocycles. The van der Waals surface area contributed by atoms with Gasteiger partial charge in [-0.25, -0.2) is 17.8 Å². The topological polar surface area (TPSA) is 50.3 Å². The van der Waals surface area contributed by atoms with Gasteiger partial charge >= 0.3 is 0 Å². The number of hydrogen-bond acceptors (Lipinski definition) is 3. The molecule has 0 saturated heterocycles. The van der Waals surface area contributed by atoms with Crippen molar-refractivity contribution in [3.05, 3.63) is 60.0 Å². The maximum absolute atomic E-state index is 13.7. The number of aromatic nitrogens is 1. The maximum atomic E-state index is 13.7. The van der Waals surface area contributed by atoms with Gasteiger partial charge in [0.25, 0.3) is 10.0 Å². The quantitative estimate of drug-likeness (QED) is 0.732. The molecule has 0 saturated carbocycles. The molecule has 0 fully saturated rings. The summed E-state index contributed by atoms with van der Waals surface area (Å²) in [7, 11) is -3.97. The van der Waals surface area contributed by atoms with E-state index in [1.807, 2.05) is 30.3 Å². The van der Waals surface area contributed by atoms with Crippen LogP contribution in [0.3, 0.4) is 0 Å². The van der Waals surface area contributed by atoms with E-state index in [0.717, 1.165) is 11.6 Å². The number of halogens is 2. The van der Waals surface area contributed by atoms with Gasteiger partial charge in [-0.1, -0.05) is 46.3 Å². The minimum atomic E-state index is -3.97. The second-order valence-electron chi connectivity index (χ2n) is 4.30. The fraction of sp³-hybridized carbons (Fsp3) is 0.214. The van der Waals surface area contributed by atoms with Gasteiger partial charge in [0, 0.05) is 24.6 Å². The molecule has 0 atom stereocenters. The Balaban J connectivity index is 2.35. The molecule has 0 aliphatic heterocycles. The summed E-state index contributed by atoms with van der Waals surface area (Å²) in [6.07, 6.45) is 1.27. The van der Waals surface area contributed by atoms with Crippen LogP contribution < -0.4 is 0 Å². The Kier molecular flexibility index (Phi) is 5.44. The van der Waals surface area contributed by atoms with Gasteiger partial charge in [0.05, 0.1) is 0 Å². The zero-order valence-electron chi connectivity index (χ0n) is 11.1. The molecule has 0 unspecified atom stereocenters. The smallest absolute Gasteiger partial charge is 0.241 e. The summed E-state index contributed by atoms with van der Waals surface area (Å²) in [5.74, 6) is -0.842. The van der Waals surface area contributed by atoms with Crippen molar-refractivity contribution in [3.63, 3.8) is 0 Å². The van der Waals surface area contributed by atoms with E-state index in [9.17, 15) is 12.8 Å². The predicted molar refractivity (Wildman–Crippen MR) is 82.0 cm³/mol. The Bertz CT molecular complexity index is 695. The highest BCUT2D eigenvalue weighted by molar-refractivity contribution is 9.09. The lowest BCUT2D eigenvalue weighted by molar-refractivity contribution is 0.418.